The van der Waals surface area contributed by atoms with Crippen LogP contribution < -0.4 is 0 Å². The summed E-state index contributed by atoms with van der Waals surface area (Å²) >= 11 is 0. The van der Waals surface area contributed by atoms with Crippen LogP contribution in [-0.2, 0) is 23.7 Å². The second kappa shape index (κ2) is 14.7. The van der Waals surface area contributed by atoms with E-state index in [4.69, 9.17) is 18.9 Å². The first-order valence-electron chi connectivity index (χ1n) is 11.4. The van der Waals surface area contributed by atoms with Crippen LogP contribution in [0.25, 0.3) is 0 Å². The third-order valence-electron chi connectivity index (χ3n) is 6.18. The van der Waals surface area contributed by atoms with E-state index in [-0.39, 0.29) is 30.5 Å². The zero-order valence-corrected chi connectivity index (χ0v) is 20.9. The fourth-order valence-corrected chi connectivity index (χ4v) is 4.22. The highest BCUT2D eigenvalue weighted by atomic mass is 16.7. The maximum Gasteiger partial charge on any atom is 0.167 e. The van der Waals surface area contributed by atoms with Gasteiger partial charge < -0.3 is 18.9 Å². The quantitative estimate of drug-likeness (QED) is 0.276. The monoisotopic (exact) mass is 436 g/mol. The predicted molar refractivity (Wildman–Crippen MR) is 126 cm³/mol. The van der Waals surface area contributed by atoms with Crippen molar-refractivity contribution in [3.63, 3.8) is 0 Å². The van der Waals surface area contributed by atoms with Gasteiger partial charge in [-0.3, -0.25) is 4.79 Å². The number of ether oxygens (including phenoxy) is 4. The highest BCUT2D eigenvalue weighted by Crippen LogP contribution is 2.36. The van der Waals surface area contributed by atoms with Crippen molar-refractivity contribution in [3.05, 3.63) is 34.9 Å². The van der Waals surface area contributed by atoms with Crippen LogP contribution in [0.15, 0.2) is 34.9 Å². The van der Waals surface area contributed by atoms with Gasteiger partial charge in [-0.2, -0.15) is 0 Å². The number of ketones is 1. The van der Waals surface area contributed by atoms with E-state index < -0.39 is 12.2 Å². The molecule has 0 spiro atoms. The molecule has 0 amide bonds. The van der Waals surface area contributed by atoms with E-state index in [1.165, 1.54) is 16.7 Å². The van der Waals surface area contributed by atoms with Crippen LogP contribution in [-0.4, -0.2) is 52.2 Å². The molecule has 0 aromatic heterocycles. The molecule has 1 aliphatic rings. The molecule has 178 valence electrons. The Labute approximate surface area is 189 Å². The summed E-state index contributed by atoms with van der Waals surface area (Å²) in [5, 5.41) is 0. The molecule has 0 unspecified atom stereocenters. The number of Topliss-reactive ketones (excluding diaryl/α,β-unsaturated/α-hetero) is 1. The van der Waals surface area contributed by atoms with E-state index >= 15 is 0 Å². The van der Waals surface area contributed by atoms with Crippen molar-refractivity contribution in [2.75, 3.05) is 28.1 Å². The summed E-state index contributed by atoms with van der Waals surface area (Å²) in [6.45, 7) is 10.8. The van der Waals surface area contributed by atoms with Crippen LogP contribution in [0.4, 0.5) is 0 Å². The molecule has 31 heavy (non-hydrogen) atoms. The van der Waals surface area contributed by atoms with Gasteiger partial charge in [-0.15, -0.1) is 0 Å². The van der Waals surface area contributed by atoms with E-state index in [0.717, 1.165) is 32.1 Å². The van der Waals surface area contributed by atoms with Gasteiger partial charge in [-0.25, -0.2) is 0 Å². The summed E-state index contributed by atoms with van der Waals surface area (Å²) in [6.07, 6.45) is 10.6. The van der Waals surface area contributed by atoms with E-state index in [1.807, 2.05) is 6.92 Å². The summed E-state index contributed by atoms with van der Waals surface area (Å²) < 4.78 is 22.2. The lowest BCUT2D eigenvalue weighted by molar-refractivity contribution is -0.199. The average Bonchev–Trinajstić information content (AvgIpc) is 2.73. The first-order chi connectivity index (χ1) is 14.8. The Balaban J connectivity index is 2.76. The lowest BCUT2D eigenvalue weighted by Crippen LogP contribution is -2.58. The topological polar surface area (TPSA) is 54.0 Å². The lowest BCUT2D eigenvalue weighted by atomic mass is 9.72. The van der Waals surface area contributed by atoms with Crippen LogP contribution >= 0.6 is 0 Å². The molecule has 5 atom stereocenters. The number of allylic oxidation sites excluding steroid dienone is 6. The van der Waals surface area contributed by atoms with Gasteiger partial charge in [-0.05, 0) is 59.8 Å². The molecule has 0 aliphatic heterocycles. The minimum Gasteiger partial charge on any atom is -0.376 e. The van der Waals surface area contributed by atoms with E-state index in [2.05, 4.69) is 45.9 Å². The summed E-state index contributed by atoms with van der Waals surface area (Å²) in [7, 11) is 4.75. The van der Waals surface area contributed by atoms with Gasteiger partial charge in [0.05, 0.1) is 6.10 Å². The van der Waals surface area contributed by atoms with Gasteiger partial charge in [0.2, 0.25) is 0 Å². The SMILES string of the molecule is COCO[C@H]1[C@@H](C/C=C(\C)CC/C=C(\C)CCC=C(C)C)[C@H](C)C(=O)[C@H](OC)[C@@H]1OC. The number of hydrogen-bond acceptors (Lipinski definition) is 5. The van der Waals surface area contributed by atoms with E-state index in [1.54, 1.807) is 21.3 Å². The molecule has 0 saturated heterocycles. The summed E-state index contributed by atoms with van der Waals surface area (Å²) in [5.74, 6) is -0.0626. The molecule has 5 nitrogen and oxygen atoms in total. The number of hydrogen-bond donors (Lipinski definition) is 0. The molecule has 0 bridgehead atoms. The van der Waals surface area contributed by atoms with Crippen molar-refractivity contribution < 1.29 is 23.7 Å². The van der Waals surface area contributed by atoms with E-state index in [0.29, 0.717) is 0 Å². The lowest BCUT2D eigenvalue weighted by Gasteiger charge is -2.43. The molecule has 5 heteroatoms. The van der Waals surface area contributed by atoms with Gasteiger partial charge in [0, 0.05) is 33.2 Å². The van der Waals surface area contributed by atoms with Crippen LogP contribution in [0.5, 0.6) is 0 Å². The number of rotatable bonds is 13. The molecule has 1 saturated carbocycles. The Hall–Kier alpha value is -1.27. The molecular formula is C26H44O5. The summed E-state index contributed by atoms with van der Waals surface area (Å²) in [6, 6.07) is 0. The molecule has 0 heterocycles. The minimum atomic E-state index is -0.609. The maximum absolute atomic E-state index is 12.9. The maximum atomic E-state index is 12.9. The largest absolute Gasteiger partial charge is 0.376 e. The number of carbonyl (C=O) groups is 1. The summed E-state index contributed by atoms with van der Waals surface area (Å²) in [5.41, 5.74) is 4.15. The molecule has 0 N–H and O–H groups in total. The van der Waals surface area contributed by atoms with Crippen molar-refractivity contribution in [2.45, 2.75) is 85.0 Å². The fourth-order valence-electron chi connectivity index (χ4n) is 4.22. The Morgan fingerprint density at radius 3 is 2.03 bits per heavy atom. The second-order valence-corrected chi connectivity index (χ2v) is 8.94. The standard InChI is InChI=1S/C26H44O5/c1-18(2)11-9-12-19(3)13-10-14-20(4)15-16-22-21(5)23(27)25(29-7)26(30-8)24(22)31-17-28-6/h11,13,15,21-22,24-26H,9-10,12,14,16-17H2,1-8H3/b19-13+,20-15+/t21-,22-,24-,25-,26+/m0/s1. The zero-order valence-electron chi connectivity index (χ0n) is 20.9. The molecule has 1 rings (SSSR count). The first kappa shape index (κ1) is 27.8. The highest BCUT2D eigenvalue weighted by molar-refractivity contribution is 5.87. The molecular weight excluding hydrogens is 392 g/mol. The van der Waals surface area contributed by atoms with Crippen LogP contribution in [0.1, 0.15) is 66.7 Å². The molecule has 1 fully saturated rings. The Morgan fingerprint density at radius 1 is 0.871 bits per heavy atom. The number of carbonyl (C=O) groups excluding carboxylic acids is 1. The number of methoxy groups -OCH3 is 3. The van der Waals surface area contributed by atoms with Crippen molar-refractivity contribution in [1.82, 2.24) is 0 Å². The zero-order chi connectivity index (χ0) is 23.4. The molecule has 1 aliphatic carbocycles. The highest BCUT2D eigenvalue weighted by Gasteiger charge is 2.49. The summed E-state index contributed by atoms with van der Waals surface area (Å²) in [4.78, 5) is 12.9. The smallest absolute Gasteiger partial charge is 0.167 e. The second-order valence-electron chi connectivity index (χ2n) is 8.94. The van der Waals surface area contributed by atoms with Crippen molar-refractivity contribution in [1.29, 1.82) is 0 Å². The van der Waals surface area contributed by atoms with Gasteiger partial charge in [0.25, 0.3) is 0 Å². The Morgan fingerprint density at radius 2 is 1.48 bits per heavy atom. The molecule has 0 aromatic rings. The Kier molecular flexibility index (Phi) is 13.2. The van der Waals surface area contributed by atoms with Gasteiger partial charge in [0.1, 0.15) is 19.0 Å². The van der Waals surface area contributed by atoms with E-state index in [9.17, 15) is 4.79 Å². The fraction of sp³-hybridized carbons (Fsp3) is 0.731. The predicted octanol–water partition coefficient (Wildman–Crippen LogP) is 5.65. The molecule has 0 radical (unpaired) electrons. The van der Waals surface area contributed by atoms with Gasteiger partial charge in [-0.1, -0.05) is 41.9 Å². The normalized spacial score (nSPS) is 27.5. The van der Waals surface area contributed by atoms with Crippen molar-refractivity contribution >= 4 is 5.78 Å². The van der Waals surface area contributed by atoms with Crippen molar-refractivity contribution in [3.8, 4) is 0 Å². The Bertz CT molecular complexity index is 630. The minimum absolute atomic E-state index is 0.0234. The van der Waals surface area contributed by atoms with Crippen LogP contribution in [0, 0.1) is 11.8 Å². The third kappa shape index (κ3) is 9.01. The van der Waals surface area contributed by atoms with Gasteiger partial charge >= 0.3 is 0 Å². The first-order valence-corrected chi connectivity index (χ1v) is 11.4. The average molecular weight is 437 g/mol. The van der Waals surface area contributed by atoms with Crippen LogP contribution in [0.2, 0.25) is 0 Å². The third-order valence-corrected chi connectivity index (χ3v) is 6.18. The molecule has 0 aromatic carbocycles. The van der Waals surface area contributed by atoms with Crippen LogP contribution in [0.3, 0.4) is 0 Å². The van der Waals surface area contributed by atoms with Crippen molar-refractivity contribution in [2.24, 2.45) is 11.8 Å². The van der Waals surface area contributed by atoms with Gasteiger partial charge in [0.15, 0.2) is 5.78 Å².